The summed E-state index contributed by atoms with van der Waals surface area (Å²) < 4.78 is 11.2. The van der Waals surface area contributed by atoms with E-state index in [1.54, 1.807) is 0 Å². The first-order chi connectivity index (χ1) is 11.9. The Labute approximate surface area is 148 Å². The van der Waals surface area contributed by atoms with Gasteiger partial charge < -0.3 is 14.2 Å². The molecule has 2 atom stereocenters. The third kappa shape index (κ3) is 3.61. The van der Waals surface area contributed by atoms with Gasteiger partial charge in [0.05, 0.1) is 31.3 Å². The van der Waals surface area contributed by atoms with E-state index in [9.17, 15) is 4.79 Å². The molecule has 1 aromatic carbocycles. The number of morpholine rings is 1. The number of carbonyl (C=O) groups excluding carboxylic acids is 1. The zero-order valence-corrected chi connectivity index (χ0v) is 15.6. The van der Waals surface area contributed by atoms with Crippen LogP contribution in [0.15, 0.2) is 22.7 Å². The molecule has 0 bridgehead atoms. The molecule has 2 heterocycles. The number of hydrogen-bond donors (Lipinski definition) is 0. The Balaban J connectivity index is 1.78. The summed E-state index contributed by atoms with van der Waals surface area (Å²) in [6.07, 6.45) is 0.245. The number of rotatable bonds is 3. The molecule has 5 heteroatoms. The fourth-order valence-corrected chi connectivity index (χ4v) is 3.41. The van der Waals surface area contributed by atoms with E-state index in [1.807, 2.05) is 25.7 Å². The SMILES string of the molecule is Cc1ccc(C)c([C@@H]2CN(C(=O)Cc3c(C)noc3C)[C@@H](C)CO2)c1. The highest BCUT2D eigenvalue weighted by molar-refractivity contribution is 5.79. The Bertz CT molecular complexity index is 762. The number of amides is 1. The molecule has 0 unspecified atom stereocenters. The van der Waals surface area contributed by atoms with Gasteiger partial charge >= 0.3 is 0 Å². The van der Waals surface area contributed by atoms with Gasteiger partial charge in [0.25, 0.3) is 0 Å². The van der Waals surface area contributed by atoms with Crippen LogP contribution in [-0.4, -0.2) is 35.2 Å². The van der Waals surface area contributed by atoms with E-state index in [2.05, 4.69) is 37.2 Å². The van der Waals surface area contributed by atoms with Crippen LogP contribution in [0, 0.1) is 27.7 Å². The standard InChI is InChI=1S/C20H26N2O3/c1-12-6-7-13(2)17(8-12)19-10-22(14(3)11-24-19)20(23)9-18-15(4)21-25-16(18)5/h6-8,14,19H,9-11H2,1-5H3/t14-,19-/m0/s1. The maximum Gasteiger partial charge on any atom is 0.227 e. The van der Waals surface area contributed by atoms with Crippen molar-refractivity contribution in [2.24, 2.45) is 0 Å². The molecule has 0 aliphatic carbocycles. The molecule has 0 radical (unpaired) electrons. The van der Waals surface area contributed by atoms with Gasteiger partial charge in [-0.15, -0.1) is 0 Å². The Morgan fingerprint density at radius 3 is 2.72 bits per heavy atom. The molecular formula is C20H26N2O3. The maximum atomic E-state index is 12.9. The summed E-state index contributed by atoms with van der Waals surface area (Å²) in [5.74, 6) is 0.818. The molecule has 134 valence electrons. The lowest BCUT2D eigenvalue weighted by Crippen LogP contribution is -2.49. The van der Waals surface area contributed by atoms with Gasteiger partial charge in [0, 0.05) is 5.56 Å². The van der Waals surface area contributed by atoms with Crippen LogP contribution in [0.2, 0.25) is 0 Å². The van der Waals surface area contributed by atoms with Gasteiger partial charge in [-0.2, -0.15) is 0 Å². The highest BCUT2D eigenvalue weighted by atomic mass is 16.5. The Morgan fingerprint density at radius 1 is 1.28 bits per heavy atom. The molecule has 0 spiro atoms. The van der Waals surface area contributed by atoms with Crippen LogP contribution in [0.4, 0.5) is 0 Å². The van der Waals surface area contributed by atoms with Crippen LogP contribution in [-0.2, 0) is 16.0 Å². The van der Waals surface area contributed by atoms with Crippen LogP contribution in [0.1, 0.15) is 46.7 Å². The topological polar surface area (TPSA) is 55.6 Å². The lowest BCUT2D eigenvalue weighted by molar-refractivity contribution is -0.143. The Kier molecular flexibility index (Phi) is 4.95. The molecule has 1 saturated heterocycles. The Hall–Kier alpha value is -2.14. The van der Waals surface area contributed by atoms with E-state index >= 15 is 0 Å². The summed E-state index contributed by atoms with van der Waals surface area (Å²) in [5, 5.41) is 3.95. The molecule has 0 N–H and O–H groups in total. The van der Waals surface area contributed by atoms with E-state index in [0.29, 0.717) is 19.6 Å². The number of aryl methyl sites for hydroxylation is 4. The first kappa shape index (κ1) is 17.7. The van der Waals surface area contributed by atoms with E-state index < -0.39 is 0 Å². The van der Waals surface area contributed by atoms with Crippen molar-refractivity contribution in [1.82, 2.24) is 10.1 Å². The number of carbonyl (C=O) groups is 1. The summed E-state index contributed by atoms with van der Waals surface area (Å²) in [6.45, 7) is 11.1. The minimum Gasteiger partial charge on any atom is -0.370 e. The molecule has 5 nitrogen and oxygen atoms in total. The minimum atomic E-state index is -0.0790. The second kappa shape index (κ2) is 7.00. The number of nitrogens with zero attached hydrogens (tertiary/aromatic N) is 2. The first-order valence-corrected chi connectivity index (χ1v) is 8.76. The zero-order chi connectivity index (χ0) is 18.1. The van der Waals surface area contributed by atoms with E-state index in [4.69, 9.17) is 9.26 Å². The molecule has 3 rings (SSSR count). The molecule has 0 saturated carbocycles. The highest BCUT2D eigenvalue weighted by Crippen LogP contribution is 2.28. The summed E-state index contributed by atoms with van der Waals surface area (Å²) >= 11 is 0. The molecule has 1 aliphatic heterocycles. The fourth-order valence-electron chi connectivity index (χ4n) is 3.41. The third-order valence-electron chi connectivity index (χ3n) is 5.04. The highest BCUT2D eigenvalue weighted by Gasteiger charge is 2.31. The van der Waals surface area contributed by atoms with Crippen LogP contribution in [0.5, 0.6) is 0 Å². The lowest BCUT2D eigenvalue weighted by Gasteiger charge is -2.38. The molecule has 25 heavy (non-hydrogen) atoms. The molecular weight excluding hydrogens is 316 g/mol. The largest absolute Gasteiger partial charge is 0.370 e. The normalized spacial score (nSPS) is 20.8. The van der Waals surface area contributed by atoms with Crippen molar-refractivity contribution >= 4 is 5.91 Å². The number of aromatic nitrogens is 1. The number of hydrogen-bond acceptors (Lipinski definition) is 4. The smallest absolute Gasteiger partial charge is 0.227 e. The van der Waals surface area contributed by atoms with Crippen molar-refractivity contribution in [2.75, 3.05) is 13.2 Å². The van der Waals surface area contributed by atoms with Crippen molar-refractivity contribution in [3.63, 3.8) is 0 Å². The molecule has 1 aliphatic rings. The van der Waals surface area contributed by atoms with Gasteiger partial charge in [0.15, 0.2) is 0 Å². The van der Waals surface area contributed by atoms with Crippen molar-refractivity contribution in [1.29, 1.82) is 0 Å². The third-order valence-corrected chi connectivity index (χ3v) is 5.04. The average molecular weight is 342 g/mol. The van der Waals surface area contributed by atoms with Crippen LogP contribution in [0.3, 0.4) is 0 Å². The van der Waals surface area contributed by atoms with E-state index in [1.165, 1.54) is 16.7 Å². The Morgan fingerprint density at radius 2 is 2.04 bits per heavy atom. The predicted octanol–water partition coefficient (Wildman–Crippen LogP) is 3.44. The fraction of sp³-hybridized carbons (Fsp3) is 0.500. The monoisotopic (exact) mass is 342 g/mol. The van der Waals surface area contributed by atoms with Crippen LogP contribution < -0.4 is 0 Å². The molecule has 1 aromatic heterocycles. The molecule has 1 fully saturated rings. The van der Waals surface area contributed by atoms with Gasteiger partial charge in [0.2, 0.25) is 5.91 Å². The zero-order valence-electron chi connectivity index (χ0n) is 15.6. The van der Waals surface area contributed by atoms with E-state index in [0.717, 1.165) is 17.0 Å². The second-order valence-corrected chi connectivity index (χ2v) is 7.06. The van der Waals surface area contributed by atoms with Gasteiger partial charge in [-0.3, -0.25) is 4.79 Å². The average Bonchev–Trinajstić information content (AvgIpc) is 2.89. The van der Waals surface area contributed by atoms with Crippen LogP contribution in [0.25, 0.3) is 0 Å². The molecule has 2 aromatic rings. The predicted molar refractivity (Wildman–Crippen MR) is 95.5 cm³/mol. The van der Waals surface area contributed by atoms with Gasteiger partial charge in [-0.05, 0) is 45.7 Å². The summed E-state index contributed by atoms with van der Waals surface area (Å²) in [7, 11) is 0. The van der Waals surface area contributed by atoms with Gasteiger partial charge in [-0.1, -0.05) is 28.9 Å². The van der Waals surface area contributed by atoms with Crippen molar-refractivity contribution < 1.29 is 14.1 Å². The molecule has 1 amide bonds. The number of benzene rings is 1. The lowest BCUT2D eigenvalue weighted by atomic mass is 9.98. The first-order valence-electron chi connectivity index (χ1n) is 8.76. The maximum absolute atomic E-state index is 12.9. The second-order valence-electron chi connectivity index (χ2n) is 7.06. The number of ether oxygens (including phenoxy) is 1. The van der Waals surface area contributed by atoms with Crippen molar-refractivity contribution in [2.45, 2.75) is 53.2 Å². The van der Waals surface area contributed by atoms with Crippen molar-refractivity contribution in [3.8, 4) is 0 Å². The quantitative estimate of drug-likeness (QED) is 0.857. The summed E-state index contributed by atoms with van der Waals surface area (Å²) in [6, 6.07) is 6.44. The van der Waals surface area contributed by atoms with E-state index in [-0.39, 0.29) is 18.1 Å². The van der Waals surface area contributed by atoms with Crippen LogP contribution >= 0.6 is 0 Å². The summed E-state index contributed by atoms with van der Waals surface area (Å²) in [4.78, 5) is 14.8. The minimum absolute atomic E-state index is 0.0642. The van der Waals surface area contributed by atoms with Gasteiger partial charge in [0.1, 0.15) is 11.9 Å². The van der Waals surface area contributed by atoms with Crippen molar-refractivity contribution in [3.05, 3.63) is 51.9 Å². The summed E-state index contributed by atoms with van der Waals surface area (Å²) in [5.41, 5.74) is 5.26. The van der Waals surface area contributed by atoms with Gasteiger partial charge in [-0.25, -0.2) is 0 Å².